The Labute approximate surface area is 204 Å². The zero-order chi connectivity index (χ0) is 25.6. The highest BCUT2D eigenvalue weighted by atomic mass is 16.5. The van der Waals surface area contributed by atoms with Crippen molar-refractivity contribution in [3.63, 3.8) is 0 Å². The van der Waals surface area contributed by atoms with Crippen LogP contribution in [0.25, 0.3) is 0 Å². The molecule has 1 saturated heterocycles. The largest absolute Gasteiger partial charge is 0.497 e. The van der Waals surface area contributed by atoms with Gasteiger partial charge in [-0.25, -0.2) is 4.79 Å². The Kier molecular flexibility index (Phi) is 8.48. The van der Waals surface area contributed by atoms with Crippen LogP contribution in [-0.2, 0) is 38.9 Å². The normalized spacial score (nSPS) is 21.1. The lowest BCUT2D eigenvalue weighted by Crippen LogP contribution is -2.48. The molecule has 0 radical (unpaired) electrons. The van der Waals surface area contributed by atoms with Gasteiger partial charge in [0.25, 0.3) is 0 Å². The number of amides is 3. The topological polar surface area (TPSA) is 128 Å². The summed E-state index contributed by atoms with van der Waals surface area (Å²) in [6.07, 6.45) is 2.78. The zero-order valence-corrected chi connectivity index (χ0v) is 20.3. The summed E-state index contributed by atoms with van der Waals surface area (Å²) in [4.78, 5) is 65.1. The third-order valence-electron chi connectivity index (χ3n) is 6.83. The van der Waals surface area contributed by atoms with Crippen molar-refractivity contribution in [3.8, 4) is 5.75 Å². The molecule has 35 heavy (non-hydrogen) atoms. The zero-order valence-electron chi connectivity index (χ0n) is 20.3. The van der Waals surface area contributed by atoms with Crippen molar-refractivity contribution in [2.75, 3.05) is 21.3 Å². The molecule has 1 aromatic carbocycles. The minimum Gasteiger partial charge on any atom is -0.497 e. The first kappa shape index (κ1) is 26.2. The number of benzene rings is 1. The average molecular weight is 489 g/mol. The second kappa shape index (κ2) is 11.3. The van der Waals surface area contributed by atoms with Crippen LogP contribution in [0.4, 0.5) is 0 Å². The number of hydrogen-bond donors (Lipinski definition) is 1. The van der Waals surface area contributed by atoms with Crippen LogP contribution < -0.4 is 10.1 Å². The highest BCUT2D eigenvalue weighted by molar-refractivity contribution is 6.11. The van der Waals surface area contributed by atoms with Crippen molar-refractivity contribution < 1.29 is 38.2 Å². The quantitative estimate of drug-likeness (QED) is 0.389. The van der Waals surface area contributed by atoms with E-state index >= 15 is 0 Å². The van der Waals surface area contributed by atoms with Crippen molar-refractivity contribution in [1.29, 1.82) is 0 Å². The number of carbonyl (C=O) groups excluding carboxylic acids is 5. The van der Waals surface area contributed by atoms with Gasteiger partial charge in [-0.15, -0.1) is 0 Å². The number of likely N-dealkylation sites (tertiary alicyclic amines) is 1. The third kappa shape index (κ3) is 5.63. The van der Waals surface area contributed by atoms with Gasteiger partial charge in [0.05, 0.1) is 26.7 Å². The van der Waals surface area contributed by atoms with Gasteiger partial charge in [0, 0.05) is 25.3 Å². The number of hydrogen-bond acceptors (Lipinski definition) is 8. The number of nitrogens with one attached hydrogen (secondary N) is 1. The Morgan fingerprint density at radius 2 is 1.71 bits per heavy atom. The molecule has 1 saturated carbocycles. The number of rotatable bonds is 10. The van der Waals surface area contributed by atoms with Crippen molar-refractivity contribution in [1.82, 2.24) is 10.2 Å². The molecule has 3 amide bonds. The highest BCUT2D eigenvalue weighted by Gasteiger charge is 2.55. The highest BCUT2D eigenvalue weighted by Crippen LogP contribution is 2.43. The van der Waals surface area contributed by atoms with E-state index in [0.29, 0.717) is 11.3 Å². The van der Waals surface area contributed by atoms with Crippen LogP contribution in [0, 0.1) is 0 Å². The Morgan fingerprint density at radius 1 is 1.06 bits per heavy atom. The summed E-state index contributed by atoms with van der Waals surface area (Å²) in [5.74, 6) is -1.99. The molecule has 3 rings (SSSR count). The maximum Gasteiger partial charge on any atom is 0.328 e. The second-order valence-electron chi connectivity index (χ2n) is 8.93. The van der Waals surface area contributed by atoms with Crippen LogP contribution in [0.5, 0.6) is 5.75 Å². The molecule has 1 heterocycles. The fraction of sp³-hybridized carbons (Fsp3) is 0.560. The van der Waals surface area contributed by atoms with Gasteiger partial charge in [0.2, 0.25) is 17.7 Å². The first-order valence-corrected chi connectivity index (χ1v) is 11.7. The van der Waals surface area contributed by atoms with Crippen LogP contribution in [0.2, 0.25) is 0 Å². The number of ether oxygens (including phenoxy) is 3. The monoisotopic (exact) mass is 488 g/mol. The lowest BCUT2D eigenvalue weighted by Gasteiger charge is -2.29. The maximum absolute atomic E-state index is 13.8. The van der Waals surface area contributed by atoms with Crippen molar-refractivity contribution in [3.05, 3.63) is 29.8 Å². The van der Waals surface area contributed by atoms with Crippen molar-refractivity contribution in [2.45, 2.75) is 68.9 Å². The molecule has 0 unspecified atom stereocenters. The van der Waals surface area contributed by atoms with E-state index in [-0.39, 0.29) is 37.6 Å². The van der Waals surface area contributed by atoms with E-state index in [1.165, 1.54) is 26.2 Å². The molecule has 0 aromatic heterocycles. The lowest BCUT2D eigenvalue weighted by molar-refractivity contribution is -0.146. The van der Waals surface area contributed by atoms with Gasteiger partial charge >= 0.3 is 11.9 Å². The van der Waals surface area contributed by atoms with Crippen LogP contribution in [-0.4, -0.2) is 68.0 Å². The molecular weight excluding hydrogens is 456 g/mol. The summed E-state index contributed by atoms with van der Waals surface area (Å²) < 4.78 is 14.6. The number of methoxy groups -OCH3 is 3. The predicted molar refractivity (Wildman–Crippen MR) is 123 cm³/mol. The molecule has 2 fully saturated rings. The summed E-state index contributed by atoms with van der Waals surface area (Å²) in [6.45, 7) is 0. The summed E-state index contributed by atoms with van der Waals surface area (Å²) in [5, 5.41) is 2.58. The Hall–Kier alpha value is -3.43. The number of carbonyl (C=O) groups is 5. The fourth-order valence-electron chi connectivity index (χ4n) is 4.95. The molecule has 0 spiro atoms. The van der Waals surface area contributed by atoms with Gasteiger partial charge in [-0.3, -0.25) is 24.1 Å². The smallest absolute Gasteiger partial charge is 0.328 e. The maximum atomic E-state index is 13.8. The SMILES string of the molecule is COC(=O)CC[C@H](NC(=O)C[C@]1(c2ccc(OC)cc2)CC(=O)N(C2CCCC2)C1=O)C(=O)OC. The summed E-state index contributed by atoms with van der Waals surface area (Å²) >= 11 is 0. The van der Waals surface area contributed by atoms with E-state index in [1.54, 1.807) is 24.3 Å². The van der Waals surface area contributed by atoms with Crippen LogP contribution in [0.15, 0.2) is 24.3 Å². The van der Waals surface area contributed by atoms with Crippen LogP contribution in [0.1, 0.15) is 56.9 Å². The molecule has 1 aliphatic heterocycles. The number of imide groups is 1. The Balaban J connectivity index is 1.88. The molecule has 2 atom stereocenters. The average Bonchev–Trinajstić information content (AvgIpc) is 3.47. The molecule has 10 heteroatoms. The Bertz CT molecular complexity index is 970. The van der Waals surface area contributed by atoms with E-state index in [1.807, 2.05) is 0 Å². The van der Waals surface area contributed by atoms with E-state index in [4.69, 9.17) is 9.47 Å². The van der Waals surface area contributed by atoms with E-state index in [0.717, 1.165) is 25.7 Å². The molecule has 1 aromatic rings. The van der Waals surface area contributed by atoms with Crippen LogP contribution in [0.3, 0.4) is 0 Å². The van der Waals surface area contributed by atoms with E-state index in [9.17, 15) is 24.0 Å². The second-order valence-corrected chi connectivity index (χ2v) is 8.93. The summed E-state index contributed by atoms with van der Waals surface area (Å²) in [5.41, 5.74) is -0.879. The van der Waals surface area contributed by atoms with Gasteiger partial charge in [-0.2, -0.15) is 0 Å². The van der Waals surface area contributed by atoms with E-state index < -0.39 is 35.2 Å². The summed E-state index contributed by atoms with van der Waals surface area (Å²) in [7, 11) is 3.92. The standard InChI is InChI=1S/C25H32N2O8/c1-33-18-10-8-16(9-11-18)25(15-21(29)27(24(25)32)17-6-4-5-7-17)14-20(28)26-19(23(31)35-3)12-13-22(30)34-2/h8-11,17,19H,4-7,12-15H2,1-3H3,(H,26,28)/t19-,25+/m0/s1. The minimum atomic E-state index is -1.40. The third-order valence-corrected chi connectivity index (χ3v) is 6.83. The molecule has 2 aliphatic rings. The van der Waals surface area contributed by atoms with Gasteiger partial charge < -0.3 is 19.5 Å². The van der Waals surface area contributed by atoms with Gasteiger partial charge in [-0.05, 0) is 37.0 Å². The fourth-order valence-corrected chi connectivity index (χ4v) is 4.95. The van der Waals surface area contributed by atoms with Crippen molar-refractivity contribution >= 4 is 29.7 Å². The van der Waals surface area contributed by atoms with Gasteiger partial charge in [0.1, 0.15) is 11.8 Å². The Morgan fingerprint density at radius 3 is 2.29 bits per heavy atom. The molecule has 190 valence electrons. The molecule has 1 aliphatic carbocycles. The van der Waals surface area contributed by atoms with Gasteiger partial charge in [0.15, 0.2) is 0 Å². The first-order chi connectivity index (χ1) is 16.7. The lowest BCUT2D eigenvalue weighted by atomic mass is 9.75. The minimum absolute atomic E-state index is 0.0261. The molecular formula is C25H32N2O8. The van der Waals surface area contributed by atoms with Gasteiger partial charge in [-0.1, -0.05) is 25.0 Å². The van der Waals surface area contributed by atoms with Crippen LogP contribution >= 0.6 is 0 Å². The molecule has 0 bridgehead atoms. The van der Waals surface area contributed by atoms with E-state index in [2.05, 4.69) is 10.1 Å². The number of nitrogens with zero attached hydrogens (tertiary/aromatic N) is 1. The molecule has 10 nitrogen and oxygen atoms in total. The predicted octanol–water partition coefficient (Wildman–Crippen LogP) is 1.64. The molecule has 1 N–H and O–H groups in total. The number of esters is 2. The van der Waals surface area contributed by atoms with Crippen molar-refractivity contribution in [2.24, 2.45) is 0 Å². The summed E-state index contributed by atoms with van der Waals surface area (Å²) in [6, 6.07) is 5.46. The first-order valence-electron chi connectivity index (χ1n) is 11.7.